The van der Waals surface area contributed by atoms with Crippen molar-refractivity contribution in [2.45, 2.75) is 0 Å². The van der Waals surface area contributed by atoms with Crippen LogP contribution in [0.2, 0.25) is 0 Å². The Kier molecular flexibility index (Phi) is 11.5. The van der Waals surface area contributed by atoms with Crippen molar-refractivity contribution in [2.75, 3.05) is 35.8 Å². The van der Waals surface area contributed by atoms with Gasteiger partial charge in [-0.15, -0.1) is 0 Å². The summed E-state index contributed by atoms with van der Waals surface area (Å²) >= 11 is 0. The summed E-state index contributed by atoms with van der Waals surface area (Å²) in [6.07, 6.45) is 18.1. The van der Waals surface area contributed by atoms with Crippen molar-refractivity contribution in [3.63, 3.8) is 0 Å². The molecule has 0 aromatic carbocycles. The van der Waals surface area contributed by atoms with Gasteiger partial charge in [0.05, 0.1) is 56.9 Å². The molecule has 12 N–H and O–H groups in total. The molecule has 0 aliphatic rings. The van der Waals surface area contributed by atoms with Crippen molar-refractivity contribution in [1.29, 1.82) is 0 Å². The van der Waals surface area contributed by atoms with E-state index >= 15 is 0 Å². The van der Waals surface area contributed by atoms with E-state index in [9.17, 15) is 14.4 Å². The number of fused-ring (bicyclic) bond motifs is 12. The summed E-state index contributed by atoms with van der Waals surface area (Å²) < 4.78 is 11.7. The Labute approximate surface area is 419 Å². The van der Waals surface area contributed by atoms with E-state index in [2.05, 4.69) is 71.9 Å². The van der Waals surface area contributed by atoms with Gasteiger partial charge >= 0.3 is 5.97 Å². The first-order valence-corrected chi connectivity index (χ1v) is 22.5. The summed E-state index contributed by atoms with van der Waals surface area (Å²) in [7, 11) is 1.26. The van der Waals surface area contributed by atoms with E-state index in [1.807, 2.05) is 45.2 Å². The molecule has 368 valence electrons. The zero-order chi connectivity index (χ0) is 51.9. The third kappa shape index (κ3) is 8.00. The molecule has 0 spiro atoms. The Bertz CT molecular complexity index is 4600. The Balaban J connectivity index is 0.000000109. The van der Waals surface area contributed by atoms with E-state index in [1.165, 1.54) is 36.0 Å². The van der Waals surface area contributed by atoms with Crippen LogP contribution in [0.4, 0.5) is 29.7 Å². The summed E-state index contributed by atoms with van der Waals surface area (Å²) in [4.78, 5) is 83.5. The quantitative estimate of drug-likeness (QED) is 0.118. The van der Waals surface area contributed by atoms with Crippen LogP contribution in [0.15, 0.2) is 157 Å². The Morgan fingerprint density at radius 1 is 0.547 bits per heavy atom. The molecule has 14 aromatic rings. The predicted octanol–water partition coefficient (Wildman–Crippen LogP) is 4.73. The molecule has 0 radical (unpaired) electrons. The van der Waals surface area contributed by atoms with Gasteiger partial charge < -0.3 is 43.4 Å². The molecule has 0 saturated heterocycles. The van der Waals surface area contributed by atoms with E-state index < -0.39 is 5.97 Å². The highest BCUT2D eigenvalue weighted by molar-refractivity contribution is 6.11. The monoisotopic (exact) mass is 997 g/mol. The van der Waals surface area contributed by atoms with Crippen LogP contribution in [0.1, 0.15) is 10.4 Å². The number of aromatic amines is 2. The number of nitrogens with zero attached hydrogens (tertiary/aromatic N) is 14. The van der Waals surface area contributed by atoms with Gasteiger partial charge in [-0.3, -0.25) is 27.2 Å². The summed E-state index contributed by atoms with van der Waals surface area (Å²) in [5.41, 5.74) is 37.7. The van der Waals surface area contributed by atoms with E-state index in [0.29, 0.717) is 39.4 Å². The highest BCUT2D eigenvalue weighted by Crippen LogP contribution is 2.35. The summed E-state index contributed by atoms with van der Waals surface area (Å²) in [6.45, 7) is 0. The maximum atomic E-state index is 12.4. The van der Waals surface area contributed by atoms with Gasteiger partial charge in [0.1, 0.15) is 28.9 Å². The number of nitrogens with two attached hydrogens (primary N) is 5. The Morgan fingerprint density at radius 3 is 1.75 bits per heavy atom. The standard InChI is InChI=1S/C14H11N7O.C14H11N7.C12H10N4O3.C10H7N3/c15-13-18-4-1-7(20-13)10-8-2-5-19-14(16)21(8)12-11(10)9(22)3-6-17-12;15-13-18-6-3-9(20-13)11-8-2-1-5-17-12(8)21-10(11)4-7-19-14(21)16;1-19-11(18)8-6-2-4-15-12(13)16(6)10-9(8)7(17)3-5-14-10;1-2-8-6-9-3-5-11-7-13(9)10(8)12-4-1/h1-6H,(H2,16,19)(H,17,22)(H2,15,18,20);1-7H,(H2,16,19)(H2,15,18,20);2-5H,1H3,(H2,13,15)(H,14,17);1-7H. The minimum atomic E-state index is -0.588. The Hall–Kier alpha value is -11.4. The van der Waals surface area contributed by atoms with E-state index in [0.717, 1.165) is 49.9 Å². The van der Waals surface area contributed by atoms with E-state index in [-0.39, 0.29) is 45.6 Å². The minimum Gasteiger partial charge on any atom is -0.465 e. The number of carbonyl (C=O) groups excluding carboxylic acids is 1. The average Bonchev–Trinajstić information content (AvgIpc) is 4.18. The van der Waals surface area contributed by atoms with Crippen LogP contribution in [0.25, 0.3) is 88.7 Å². The molecule has 0 unspecified atom stereocenters. The molecule has 0 bridgehead atoms. The normalized spacial score (nSPS) is 11.2. The lowest BCUT2D eigenvalue weighted by Gasteiger charge is -2.02. The van der Waals surface area contributed by atoms with Gasteiger partial charge in [0, 0.05) is 96.0 Å². The molecule has 25 nitrogen and oxygen atoms in total. The number of aromatic nitrogens is 16. The number of nitrogens with one attached hydrogen (secondary N) is 2. The van der Waals surface area contributed by atoms with Crippen molar-refractivity contribution < 1.29 is 9.53 Å². The second kappa shape index (κ2) is 18.8. The first-order valence-electron chi connectivity index (χ1n) is 22.5. The number of pyridine rings is 4. The number of anilines is 5. The largest absolute Gasteiger partial charge is 0.465 e. The predicted molar refractivity (Wildman–Crippen MR) is 283 cm³/mol. The molecule has 14 aromatic heterocycles. The van der Waals surface area contributed by atoms with Crippen LogP contribution in [0.5, 0.6) is 0 Å². The van der Waals surface area contributed by atoms with Gasteiger partial charge in [-0.25, -0.2) is 54.6 Å². The molecular formula is C50H39N21O4. The first-order chi connectivity index (χ1) is 36.5. The van der Waals surface area contributed by atoms with Gasteiger partial charge in [-0.05, 0) is 66.7 Å². The summed E-state index contributed by atoms with van der Waals surface area (Å²) in [5.74, 6) is 0.613. The molecule has 0 amide bonds. The molecule has 0 aliphatic carbocycles. The fraction of sp³-hybridized carbons (Fsp3) is 0.0200. The van der Waals surface area contributed by atoms with Crippen LogP contribution in [-0.4, -0.2) is 90.5 Å². The third-order valence-electron chi connectivity index (χ3n) is 12.0. The average molecular weight is 998 g/mol. The maximum Gasteiger partial charge on any atom is 0.340 e. The smallest absolute Gasteiger partial charge is 0.340 e. The van der Waals surface area contributed by atoms with Gasteiger partial charge in [-0.1, -0.05) is 0 Å². The number of hydrogen-bond acceptors (Lipinski definition) is 19. The number of esters is 1. The number of H-pyrrole nitrogens is 2. The van der Waals surface area contributed by atoms with E-state index in [1.54, 1.807) is 78.5 Å². The van der Waals surface area contributed by atoms with Crippen molar-refractivity contribution >= 4 is 102 Å². The lowest BCUT2D eigenvalue weighted by atomic mass is 10.1. The number of nitrogen functional groups attached to an aromatic ring is 5. The molecule has 14 rings (SSSR count). The number of carbonyl (C=O) groups is 1. The topological polar surface area (TPSA) is 369 Å². The number of hydrogen-bond donors (Lipinski definition) is 7. The maximum absolute atomic E-state index is 12.4. The van der Waals surface area contributed by atoms with Crippen molar-refractivity contribution in [3.8, 4) is 22.5 Å². The fourth-order valence-electron chi connectivity index (χ4n) is 8.95. The third-order valence-corrected chi connectivity index (χ3v) is 12.0. The van der Waals surface area contributed by atoms with Gasteiger partial charge in [0.2, 0.25) is 29.7 Å². The lowest BCUT2D eigenvalue weighted by molar-refractivity contribution is 0.0605. The van der Waals surface area contributed by atoms with Crippen LogP contribution >= 0.6 is 0 Å². The fourth-order valence-corrected chi connectivity index (χ4v) is 8.95. The number of ether oxygens (including phenoxy) is 1. The molecular weight excluding hydrogens is 959 g/mol. The molecule has 0 saturated carbocycles. The minimum absolute atomic E-state index is 0.135. The summed E-state index contributed by atoms with van der Waals surface area (Å²) in [6, 6.07) is 23.5. The first kappa shape index (κ1) is 46.0. The molecule has 25 heteroatoms. The number of rotatable bonds is 3. The van der Waals surface area contributed by atoms with Crippen molar-refractivity contribution in [2.24, 2.45) is 0 Å². The highest BCUT2D eigenvalue weighted by atomic mass is 16.5. The van der Waals surface area contributed by atoms with Crippen LogP contribution in [0, 0.1) is 0 Å². The molecule has 0 atom stereocenters. The van der Waals surface area contributed by atoms with Gasteiger partial charge in [-0.2, -0.15) is 0 Å². The highest BCUT2D eigenvalue weighted by Gasteiger charge is 2.23. The zero-order valence-electron chi connectivity index (χ0n) is 39.1. The van der Waals surface area contributed by atoms with Crippen molar-refractivity contribution in [1.82, 2.24) is 77.4 Å². The SMILES string of the molecule is COC(=O)c1c2c(=O)cc[nH]c2n2c(N)nccc12.Nc1nccc(-c2c3c(=O)cc[nH]c3n3c(N)nccc23)n1.Nc1nccc(-c2c3cccnc3n3c(N)nccc23)n1.c1cnc2c(c1)cc1ccncn12. The van der Waals surface area contributed by atoms with Gasteiger partial charge in [0.15, 0.2) is 10.9 Å². The lowest BCUT2D eigenvalue weighted by Crippen LogP contribution is -2.06. The second-order valence-corrected chi connectivity index (χ2v) is 16.2. The molecule has 0 aliphatic heterocycles. The molecule has 75 heavy (non-hydrogen) atoms. The van der Waals surface area contributed by atoms with Crippen molar-refractivity contribution in [3.05, 3.63) is 173 Å². The van der Waals surface area contributed by atoms with Crippen LogP contribution in [0.3, 0.4) is 0 Å². The van der Waals surface area contributed by atoms with Crippen LogP contribution < -0.4 is 39.5 Å². The molecule has 14 heterocycles. The second-order valence-electron chi connectivity index (χ2n) is 16.2. The van der Waals surface area contributed by atoms with Gasteiger partial charge in [0.25, 0.3) is 0 Å². The zero-order valence-corrected chi connectivity index (χ0v) is 39.1. The van der Waals surface area contributed by atoms with E-state index in [4.69, 9.17) is 33.4 Å². The number of methoxy groups -OCH3 is 1. The Morgan fingerprint density at radius 2 is 1.09 bits per heavy atom. The molecule has 0 fully saturated rings. The van der Waals surface area contributed by atoms with Crippen LogP contribution in [-0.2, 0) is 4.74 Å². The summed E-state index contributed by atoms with van der Waals surface area (Å²) in [5, 5.41) is 2.82.